The molecule has 0 aliphatic heterocycles. The summed E-state index contributed by atoms with van der Waals surface area (Å²) in [6.45, 7) is 0.147. The summed E-state index contributed by atoms with van der Waals surface area (Å²) in [6.07, 6.45) is 2.66. The maximum Gasteiger partial charge on any atom is 0.317 e. The number of hydrogen-bond acceptors (Lipinski definition) is 7. The Bertz CT molecular complexity index is 809. The number of halogens is 3. The molecule has 1 heterocycles. The van der Waals surface area contributed by atoms with E-state index in [1.807, 2.05) is 0 Å². The minimum Gasteiger partial charge on any atom is -0.457 e. The Morgan fingerprint density at radius 3 is 2.85 bits per heavy atom. The van der Waals surface area contributed by atoms with Gasteiger partial charge in [0.05, 0.1) is 17.9 Å². The monoisotopic (exact) mass is 367 g/mol. The van der Waals surface area contributed by atoms with E-state index in [1.54, 1.807) is 0 Å². The Balaban J connectivity index is 2.06. The summed E-state index contributed by atoms with van der Waals surface area (Å²) in [5.74, 6) is -4.34. The minimum atomic E-state index is -3.33. The van der Waals surface area contributed by atoms with Crippen LogP contribution < -0.4 is 10.1 Å². The first-order valence-electron chi connectivity index (χ1n) is 7.40. The Morgan fingerprint density at radius 2 is 2.19 bits per heavy atom. The van der Waals surface area contributed by atoms with Crippen LogP contribution in [0.3, 0.4) is 0 Å². The Kier molecular flexibility index (Phi) is 6.23. The average Bonchev–Trinajstić information content (AvgIpc) is 2.62. The summed E-state index contributed by atoms with van der Waals surface area (Å²) in [5.41, 5.74) is 7.04. The molecule has 1 aromatic carbocycles. The average molecular weight is 367 g/mol. The van der Waals surface area contributed by atoms with Gasteiger partial charge in [-0.15, -0.1) is 0 Å². The van der Waals surface area contributed by atoms with Crippen molar-refractivity contribution < 1.29 is 23.0 Å². The minimum absolute atomic E-state index is 0.0132. The van der Waals surface area contributed by atoms with E-state index < -0.39 is 17.3 Å². The van der Waals surface area contributed by atoms with Crippen molar-refractivity contribution in [2.45, 2.75) is 19.5 Å². The van der Waals surface area contributed by atoms with Gasteiger partial charge in [-0.05, 0) is 24.3 Å². The quantitative estimate of drug-likeness (QED) is 0.619. The predicted molar refractivity (Wildman–Crippen MR) is 86.3 cm³/mol. The molecule has 0 aliphatic carbocycles. The van der Waals surface area contributed by atoms with E-state index in [-0.39, 0.29) is 30.6 Å². The second-order valence-corrected chi connectivity index (χ2v) is 5.25. The topological polar surface area (TPSA) is 103 Å². The molecular weight excluding hydrogens is 351 g/mol. The highest BCUT2D eigenvalue weighted by atomic mass is 19.3. The van der Waals surface area contributed by atoms with Gasteiger partial charge < -0.3 is 15.2 Å². The standard InChI is InChI=1S/C16H16F3N5O2/c1-16(18,19)13-6-10(2-3-14(13)17)22-7-12(24-20)9-26-15-21-5-4-11(8-25)23-15/h2-7,20,22,25H,8-9H2,1H3/b12-7-,24-20?. The molecule has 7 nitrogen and oxygen atoms in total. The van der Waals surface area contributed by atoms with Gasteiger partial charge in [0, 0.05) is 25.0 Å². The summed E-state index contributed by atoms with van der Waals surface area (Å²) >= 11 is 0. The van der Waals surface area contributed by atoms with Crippen LogP contribution >= 0.6 is 0 Å². The number of nitrogens with one attached hydrogen (secondary N) is 2. The molecule has 0 atom stereocenters. The number of ether oxygens (including phenoxy) is 1. The summed E-state index contributed by atoms with van der Waals surface area (Å²) in [6, 6.07) is 4.67. The van der Waals surface area contributed by atoms with E-state index in [4.69, 9.17) is 15.4 Å². The number of benzene rings is 1. The first kappa shape index (κ1) is 19.3. The van der Waals surface area contributed by atoms with Crippen LogP contribution in [0, 0.1) is 11.3 Å². The number of rotatable bonds is 8. The molecule has 0 fully saturated rings. The number of anilines is 1. The van der Waals surface area contributed by atoms with Gasteiger partial charge in [-0.1, -0.05) is 0 Å². The fraction of sp³-hybridized carbons (Fsp3) is 0.250. The van der Waals surface area contributed by atoms with E-state index in [1.165, 1.54) is 24.5 Å². The number of aromatic nitrogens is 2. The van der Waals surface area contributed by atoms with Crippen LogP contribution in [0.15, 0.2) is 47.5 Å². The molecule has 0 aliphatic rings. The van der Waals surface area contributed by atoms with Crippen LogP contribution in [0.4, 0.5) is 18.9 Å². The van der Waals surface area contributed by atoms with Gasteiger partial charge in [0.15, 0.2) is 0 Å². The van der Waals surface area contributed by atoms with Crippen molar-refractivity contribution in [3.8, 4) is 6.01 Å². The number of alkyl halides is 2. The van der Waals surface area contributed by atoms with E-state index in [0.29, 0.717) is 12.6 Å². The molecule has 0 spiro atoms. The number of aliphatic hydroxyl groups is 1. The lowest BCUT2D eigenvalue weighted by atomic mass is 10.1. The molecule has 0 amide bonds. The summed E-state index contributed by atoms with van der Waals surface area (Å²) < 4.78 is 45.4. The zero-order valence-electron chi connectivity index (χ0n) is 13.7. The van der Waals surface area contributed by atoms with Gasteiger partial charge in [-0.3, -0.25) is 0 Å². The van der Waals surface area contributed by atoms with Crippen molar-refractivity contribution in [2.24, 2.45) is 5.11 Å². The summed E-state index contributed by atoms with van der Waals surface area (Å²) in [5, 5.41) is 14.9. The lowest BCUT2D eigenvalue weighted by molar-refractivity contribution is 0.0138. The van der Waals surface area contributed by atoms with Crippen molar-refractivity contribution in [1.29, 1.82) is 5.53 Å². The first-order chi connectivity index (χ1) is 12.3. The van der Waals surface area contributed by atoms with Gasteiger partial charge >= 0.3 is 6.01 Å². The summed E-state index contributed by atoms with van der Waals surface area (Å²) in [4.78, 5) is 7.75. The largest absolute Gasteiger partial charge is 0.457 e. The Morgan fingerprint density at radius 1 is 1.42 bits per heavy atom. The molecule has 10 heteroatoms. The molecule has 0 unspecified atom stereocenters. The first-order valence-corrected chi connectivity index (χ1v) is 7.40. The highest BCUT2D eigenvalue weighted by Gasteiger charge is 2.28. The number of nitrogens with zero attached hydrogens (tertiary/aromatic N) is 3. The molecule has 3 N–H and O–H groups in total. The van der Waals surface area contributed by atoms with Gasteiger partial charge in [0.1, 0.15) is 18.1 Å². The third kappa shape index (κ3) is 5.24. The van der Waals surface area contributed by atoms with Crippen LogP contribution in [0.2, 0.25) is 0 Å². The molecule has 138 valence electrons. The fourth-order valence-corrected chi connectivity index (χ4v) is 1.90. The van der Waals surface area contributed by atoms with E-state index in [0.717, 1.165) is 12.1 Å². The van der Waals surface area contributed by atoms with Gasteiger partial charge in [-0.25, -0.2) is 23.7 Å². The summed E-state index contributed by atoms with van der Waals surface area (Å²) in [7, 11) is 0. The third-order valence-electron chi connectivity index (χ3n) is 3.19. The highest BCUT2D eigenvalue weighted by molar-refractivity contribution is 5.49. The molecule has 0 saturated carbocycles. The zero-order chi connectivity index (χ0) is 19.2. The number of aliphatic hydroxyl groups excluding tert-OH is 1. The van der Waals surface area contributed by atoms with Crippen LogP contribution in [-0.2, 0) is 12.5 Å². The van der Waals surface area contributed by atoms with Crippen molar-refractivity contribution in [3.05, 3.63) is 59.4 Å². The molecular formula is C16H16F3N5O2. The van der Waals surface area contributed by atoms with Crippen molar-refractivity contribution in [3.63, 3.8) is 0 Å². The van der Waals surface area contributed by atoms with Crippen molar-refractivity contribution in [1.82, 2.24) is 9.97 Å². The second kappa shape index (κ2) is 8.39. The fourth-order valence-electron chi connectivity index (χ4n) is 1.90. The molecule has 2 aromatic rings. The second-order valence-electron chi connectivity index (χ2n) is 5.25. The van der Waals surface area contributed by atoms with Gasteiger partial charge in [-0.2, -0.15) is 10.1 Å². The lowest BCUT2D eigenvalue weighted by Crippen LogP contribution is -2.10. The zero-order valence-corrected chi connectivity index (χ0v) is 13.7. The maximum absolute atomic E-state index is 13.5. The molecule has 26 heavy (non-hydrogen) atoms. The highest BCUT2D eigenvalue weighted by Crippen LogP contribution is 2.31. The van der Waals surface area contributed by atoms with Crippen LogP contribution in [0.5, 0.6) is 6.01 Å². The Labute approximate surface area is 147 Å². The molecule has 0 saturated heterocycles. The van der Waals surface area contributed by atoms with Crippen LogP contribution in [0.25, 0.3) is 0 Å². The number of hydrogen-bond donors (Lipinski definition) is 3. The SMILES string of the molecule is CC(F)(F)c1cc(N/C=C(/COc2nccc(CO)n2)N=N)ccc1F. The van der Waals surface area contributed by atoms with Gasteiger partial charge in [0.2, 0.25) is 0 Å². The predicted octanol–water partition coefficient (Wildman–Crippen LogP) is 3.58. The Hall–Kier alpha value is -3.01. The van der Waals surface area contributed by atoms with Crippen LogP contribution in [-0.4, -0.2) is 21.7 Å². The third-order valence-corrected chi connectivity index (χ3v) is 3.19. The molecule has 1 aromatic heterocycles. The van der Waals surface area contributed by atoms with Crippen molar-refractivity contribution >= 4 is 5.69 Å². The van der Waals surface area contributed by atoms with E-state index in [2.05, 4.69) is 20.4 Å². The molecule has 2 rings (SSSR count). The lowest BCUT2D eigenvalue weighted by Gasteiger charge is -2.13. The molecule has 0 radical (unpaired) electrons. The normalized spacial score (nSPS) is 12.0. The smallest absolute Gasteiger partial charge is 0.317 e. The molecule has 0 bridgehead atoms. The maximum atomic E-state index is 13.5. The van der Waals surface area contributed by atoms with Crippen molar-refractivity contribution in [2.75, 3.05) is 11.9 Å². The van der Waals surface area contributed by atoms with Gasteiger partial charge in [0.25, 0.3) is 5.92 Å². The van der Waals surface area contributed by atoms with E-state index in [9.17, 15) is 13.2 Å². The van der Waals surface area contributed by atoms with Crippen LogP contribution in [0.1, 0.15) is 18.2 Å². The van der Waals surface area contributed by atoms with E-state index >= 15 is 0 Å².